The topological polar surface area (TPSA) is 78.5 Å². The van der Waals surface area contributed by atoms with Crippen LogP contribution in [0.3, 0.4) is 0 Å². The van der Waals surface area contributed by atoms with Crippen molar-refractivity contribution in [3.05, 3.63) is 53.6 Å². The van der Waals surface area contributed by atoms with E-state index in [0.29, 0.717) is 18.8 Å². The summed E-state index contributed by atoms with van der Waals surface area (Å²) in [6.45, 7) is 5.31. The Morgan fingerprint density at radius 2 is 1.75 bits per heavy atom. The monoisotopic (exact) mass is 401 g/mol. The van der Waals surface area contributed by atoms with Gasteiger partial charge in [-0.05, 0) is 61.6 Å². The molecule has 0 spiro atoms. The maximum atomic E-state index is 12.5. The second kappa shape index (κ2) is 8.75. The molecule has 2 aromatic rings. The maximum Gasteiger partial charge on any atom is 0.243 e. The number of para-hydroxylation sites is 1. The van der Waals surface area contributed by atoms with Crippen LogP contribution in [0.2, 0.25) is 0 Å². The minimum atomic E-state index is -3.41. The van der Waals surface area contributed by atoms with Crippen molar-refractivity contribution in [3.8, 4) is 0 Å². The Labute approximate surface area is 167 Å². The number of hydrogen-bond donors (Lipinski definition) is 2. The molecule has 0 aromatic heterocycles. The summed E-state index contributed by atoms with van der Waals surface area (Å²) in [5.74, 6) is -0.141. The molecule has 1 aliphatic heterocycles. The standard InChI is InChI=1S/C21H27N3O3S/c1-3-17-8-6-7-16(2)21(17)23-20(25)15-22-18-9-11-19(12-10-18)28(26,27)24-13-4-5-14-24/h6-12,22H,3-5,13-15H2,1-2H3,(H,23,25). The van der Waals surface area contributed by atoms with Crippen LogP contribution in [0.4, 0.5) is 11.4 Å². The molecule has 150 valence electrons. The largest absolute Gasteiger partial charge is 0.376 e. The highest BCUT2D eigenvalue weighted by Gasteiger charge is 2.26. The van der Waals surface area contributed by atoms with E-state index in [1.165, 1.54) is 4.31 Å². The molecule has 1 heterocycles. The fourth-order valence-electron chi connectivity index (χ4n) is 3.39. The van der Waals surface area contributed by atoms with Gasteiger partial charge >= 0.3 is 0 Å². The third-order valence-corrected chi connectivity index (χ3v) is 6.93. The van der Waals surface area contributed by atoms with Gasteiger partial charge in [-0.1, -0.05) is 25.1 Å². The van der Waals surface area contributed by atoms with E-state index >= 15 is 0 Å². The van der Waals surface area contributed by atoms with Crippen LogP contribution < -0.4 is 10.6 Å². The quantitative estimate of drug-likeness (QED) is 0.745. The third-order valence-electron chi connectivity index (χ3n) is 5.01. The van der Waals surface area contributed by atoms with Crippen LogP contribution in [0.15, 0.2) is 47.4 Å². The summed E-state index contributed by atoms with van der Waals surface area (Å²) in [4.78, 5) is 12.6. The summed E-state index contributed by atoms with van der Waals surface area (Å²) in [6, 6.07) is 12.5. The molecule has 0 atom stereocenters. The lowest BCUT2D eigenvalue weighted by molar-refractivity contribution is -0.114. The first-order valence-electron chi connectivity index (χ1n) is 9.64. The number of aryl methyl sites for hydroxylation is 2. The van der Waals surface area contributed by atoms with E-state index in [9.17, 15) is 13.2 Å². The van der Waals surface area contributed by atoms with Gasteiger partial charge in [0.1, 0.15) is 0 Å². The molecule has 0 bridgehead atoms. The average molecular weight is 402 g/mol. The van der Waals surface area contributed by atoms with Crippen LogP contribution >= 0.6 is 0 Å². The van der Waals surface area contributed by atoms with Gasteiger partial charge in [0, 0.05) is 24.5 Å². The number of carbonyl (C=O) groups is 1. The first-order valence-corrected chi connectivity index (χ1v) is 11.1. The van der Waals surface area contributed by atoms with Crippen LogP contribution in [-0.2, 0) is 21.2 Å². The Morgan fingerprint density at radius 1 is 1.07 bits per heavy atom. The van der Waals surface area contributed by atoms with Crippen molar-refractivity contribution in [2.45, 2.75) is 38.0 Å². The van der Waals surface area contributed by atoms with Crippen LogP contribution in [0.5, 0.6) is 0 Å². The van der Waals surface area contributed by atoms with Crippen molar-refractivity contribution in [3.63, 3.8) is 0 Å². The molecule has 2 aromatic carbocycles. The zero-order chi connectivity index (χ0) is 20.1. The molecule has 0 saturated carbocycles. The number of amides is 1. The summed E-state index contributed by atoms with van der Waals surface area (Å²) in [7, 11) is -3.41. The second-order valence-electron chi connectivity index (χ2n) is 7.00. The molecular weight excluding hydrogens is 374 g/mol. The summed E-state index contributed by atoms with van der Waals surface area (Å²) in [5, 5.41) is 6.02. The average Bonchev–Trinajstić information content (AvgIpc) is 3.24. The smallest absolute Gasteiger partial charge is 0.243 e. The Morgan fingerprint density at radius 3 is 2.39 bits per heavy atom. The van der Waals surface area contributed by atoms with Gasteiger partial charge in [0.15, 0.2) is 0 Å². The third kappa shape index (κ3) is 4.54. The number of hydrogen-bond acceptors (Lipinski definition) is 4. The van der Waals surface area contributed by atoms with Crippen molar-refractivity contribution in [1.29, 1.82) is 0 Å². The van der Waals surface area contributed by atoms with Gasteiger partial charge in [-0.25, -0.2) is 8.42 Å². The Balaban J connectivity index is 1.60. The van der Waals surface area contributed by atoms with E-state index in [1.54, 1.807) is 24.3 Å². The van der Waals surface area contributed by atoms with Gasteiger partial charge in [-0.15, -0.1) is 0 Å². The summed E-state index contributed by atoms with van der Waals surface area (Å²) >= 11 is 0. The molecule has 1 aliphatic rings. The molecule has 0 aliphatic carbocycles. The van der Waals surface area contributed by atoms with E-state index in [-0.39, 0.29) is 17.3 Å². The highest BCUT2D eigenvalue weighted by molar-refractivity contribution is 7.89. The number of carbonyl (C=O) groups excluding carboxylic acids is 1. The van der Waals surface area contributed by atoms with Crippen molar-refractivity contribution in [2.24, 2.45) is 0 Å². The summed E-state index contributed by atoms with van der Waals surface area (Å²) in [6.07, 6.45) is 2.67. The fourth-order valence-corrected chi connectivity index (χ4v) is 4.91. The van der Waals surface area contributed by atoms with Crippen LogP contribution in [-0.4, -0.2) is 38.3 Å². The van der Waals surface area contributed by atoms with Crippen molar-refractivity contribution in [2.75, 3.05) is 30.3 Å². The van der Waals surface area contributed by atoms with Crippen LogP contribution in [0.1, 0.15) is 30.9 Å². The van der Waals surface area contributed by atoms with E-state index in [2.05, 4.69) is 17.6 Å². The van der Waals surface area contributed by atoms with E-state index in [4.69, 9.17) is 0 Å². The van der Waals surface area contributed by atoms with Crippen LogP contribution in [0, 0.1) is 6.92 Å². The fraction of sp³-hybridized carbons (Fsp3) is 0.381. The number of nitrogens with one attached hydrogen (secondary N) is 2. The lowest BCUT2D eigenvalue weighted by Gasteiger charge is -2.16. The van der Waals surface area contributed by atoms with Gasteiger partial charge in [0.25, 0.3) is 0 Å². The lowest BCUT2D eigenvalue weighted by atomic mass is 10.1. The SMILES string of the molecule is CCc1cccc(C)c1NC(=O)CNc1ccc(S(=O)(=O)N2CCCC2)cc1. The molecule has 0 radical (unpaired) electrons. The van der Waals surface area contributed by atoms with Crippen molar-refractivity contribution in [1.82, 2.24) is 4.31 Å². The Kier molecular flexibility index (Phi) is 6.36. The molecule has 28 heavy (non-hydrogen) atoms. The van der Waals surface area contributed by atoms with E-state index in [1.807, 2.05) is 25.1 Å². The second-order valence-corrected chi connectivity index (χ2v) is 8.94. The number of sulfonamides is 1. The minimum Gasteiger partial charge on any atom is -0.376 e. The number of anilines is 2. The molecule has 1 fully saturated rings. The summed E-state index contributed by atoms with van der Waals surface area (Å²) < 4.78 is 26.6. The van der Waals surface area contributed by atoms with Crippen LogP contribution in [0.25, 0.3) is 0 Å². The first kappa shape index (κ1) is 20.4. The minimum absolute atomic E-state index is 0.107. The van der Waals surface area contributed by atoms with Gasteiger partial charge in [-0.2, -0.15) is 4.31 Å². The molecule has 2 N–H and O–H groups in total. The first-order chi connectivity index (χ1) is 13.4. The van der Waals surface area contributed by atoms with E-state index in [0.717, 1.165) is 36.1 Å². The summed E-state index contributed by atoms with van der Waals surface area (Å²) in [5.41, 5.74) is 3.70. The van der Waals surface area contributed by atoms with E-state index < -0.39 is 10.0 Å². The number of nitrogens with zero attached hydrogens (tertiary/aromatic N) is 1. The normalized spacial score (nSPS) is 14.8. The molecular formula is C21H27N3O3S. The number of rotatable bonds is 7. The number of benzene rings is 2. The zero-order valence-electron chi connectivity index (χ0n) is 16.4. The maximum absolute atomic E-state index is 12.5. The van der Waals surface area contributed by atoms with Crippen molar-refractivity contribution >= 4 is 27.3 Å². The predicted octanol–water partition coefficient (Wildman–Crippen LogP) is 3.39. The van der Waals surface area contributed by atoms with Gasteiger partial charge in [-0.3, -0.25) is 4.79 Å². The highest BCUT2D eigenvalue weighted by atomic mass is 32.2. The molecule has 3 rings (SSSR count). The van der Waals surface area contributed by atoms with Gasteiger partial charge in [0.2, 0.25) is 15.9 Å². The van der Waals surface area contributed by atoms with Gasteiger partial charge < -0.3 is 10.6 Å². The zero-order valence-corrected chi connectivity index (χ0v) is 17.2. The molecule has 6 nitrogen and oxygen atoms in total. The van der Waals surface area contributed by atoms with Crippen molar-refractivity contribution < 1.29 is 13.2 Å². The Bertz CT molecular complexity index is 934. The highest BCUT2D eigenvalue weighted by Crippen LogP contribution is 2.23. The predicted molar refractivity (Wildman–Crippen MR) is 112 cm³/mol. The lowest BCUT2D eigenvalue weighted by Crippen LogP contribution is -2.27. The molecule has 1 amide bonds. The molecule has 7 heteroatoms. The molecule has 0 unspecified atom stereocenters. The molecule has 1 saturated heterocycles. The Hall–Kier alpha value is -2.38. The van der Waals surface area contributed by atoms with Gasteiger partial charge in [0.05, 0.1) is 11.4 Å².